The standard InChI is InChI=1S/C20H24N6O/c1-24(14-17-4-6-18(7-5-17)26-13-3-11-23-26)19(27)21-15-20(8-9-20)16-25-12-2-10-22-25/h2-7,10-13H,8-9,14-16H2,1H3,(H,21,27). The van der Waals surface area contributed by atoms with Crippen LogP contribution in [0.3, 0.4) is 0 Å². The molecule has 3 aromatic rings. The molecular weight excluding hydrogens is 340 g/mol. The number of nitrogens with zero attached hydrogens (tertiary/aromatic N) is 5. The number of carbonyl (C=O) groups is 1. The van der Waals surface area contributed by atoms with Crippen molar-refractivity contribution in [3.8, 4) is 5.69 Å². The lowest BCUT2D eigenvalue weighted by Gasteiger charge is -2.21. The topological polar surface area (TPSA) is 68.0 Å². The summed E-state index contributed by atoms with van der Waals surface area (Å²) in [6.07, 6.45) is 9.69. The predicted octanol–water partition coefficient (Wildman–Crippen LogP) is 2.69. The van der Waals surface area contributed by atoms with E-state index in [1.165, 1.54) is 0 Å². The van der Waals surface area contributed by atoms with E-state index >= 15 is 0 Å². The first-order valence-electron chi connectivity index (χ1n) is 9.19. The summed E-state index contributed by atoms with van der Waals surface area (Å²) >= 11 is 0. The van der Waals surface area contributed by atoms with Gasteiger partial charge in [0.05, 0.1) is 5.69 Å². The molecule has 140 valence electrons. The van der Waals surface area contributed by atoms with Gasteiger partial charge in [-0.15, -0.1) is 0 Å². The molecule has 27 heavy (non-hydrogen) atoms. The summed E-state index contributed by atoms with van der Waals surface area (Å²) in [7, 11) is 1.82. The number of hydrogen-bond acceptors (Lipinski definition) is 3. The van der Waals surface area contributed by atoms with Gasteiger partial charge in [-0.3, -0.25) is 4.68 Å². The van der Waals surface area contributed by atoms with E-state index in [1.54, 1.807) is 17.3 Å². The summed E-state index contributed by atoms with van der Waals surface area (Å²) in [4.78, 5) is 14.2. The summed E-state index contributed by atoms with van der Waals surface area (Å²) in [5.41, 5.74) is 2.25. The van der Waals surface area contributed by atoms with Crippen LogP contribution in [0.5, 0.6) is 0 Å². The average Bonchev–Trinajstić information content (AvgIpc) is 3.08. The first-order chi connectivity index (χ1) is 13.1. The maximum Gasteiger partial charge on any atom is 0.317 e. The number of hydrogen-bond donors (Lipinski definition) is 1. The van der Waals surface area contributed by atoms with Crippen molar-refractivity contribution in [1.82, 2.24) is 29.8 Å². The van der Waals surface area contributed by atoms with E-state index in [4.69, 9.17) is 0 Å². The van der Waals surface area contributed by atoms with Gasteiger partial charge in [-0.05, 0) is 42.7 Å². The van der Waals surface area contributed by atoms with Gasteiger partial charge in [-0.25, -0.2) is 9.48 Å². The van der Waals surface area contributed by atoms with E-state index in [9.17, 15) is 4.79 Å². The van der Waals surface area contributed by atoms with Gasteiger partial charge < -0.3 is 10.2 Å². The molecule has 0 bridgehead atoms. The quantitative estimate of drug-likeness (QED) is 0.701. The Balaban J connectivity index is 1.28. The Morgan fingerprint density at radius 3 is 2.52 bits per heavy atom. The zero-order valence-electron chi connectivity index (χ0n) is 15.5. The van der Waals surface area contributed by atoms with Crippen molar-refractivity contribution in [2.24, 2.45) is 5.41 Å². The lowest BCUT2D eigenvalue weighted by molar-refractivity contribution is 0.203. The molecule has 0 spiro atoms. The van der Waals surface area contributed by atoms with Crippen LogP contribution < -0.4 is 5.32 Å². The maximum absolute atomic E-state index is 12.5. The van der Waals surface area contributed by atoms with Gasteiger partial charge in [0, 0.05) is 56.9 Å². The fourth-order valence-electron chi connectivity index (χ4n) is 3.22. The maximum atomic E-state index is 12.5. The third-order valence-corrected chi connectivity index (χ3v) is 5.10. The Morgan fingerprint density at radius 2 is 1.89 bits per heavy atom. The number of amides is 2. The van der Waals surface area contributed by atoms with Crippen LogP contribution in [0.15, 0.2) is 61.2 Å². The van der Waals surface area contributed by atoms with Gasteiger partial charge in [0.25, 0.3) is 0 Å². The molecule has 2 aromatic heterocycles. The summed E-state index contributed by atoms with van der Waals surface area (Å²) in [6.45, 7) is 2.12. The zero-order chi connectivity index (χ0) is 18.7. The molecule has 7 heteroatoms. The van der Waals surface area contributed by atoms with Gasteiger partial charge in [0.2, 0.25) is 0 Å². The highest BCUT2D eigenvalue weighted by atomic mass is 16.2. The van der Waals surface area contributed by atoms with Gasteiger partial charge in [-0.2, -0.15) is 10.2 Å². The van der Waals surface area contributed by atoms with Gasteiger partial charge in [0.15, 0.2) is 0 Å². The third-order valence-electron chi connectivity index (χ3n) is 5.10. The smallest absolute Gasteiger partial charge is 0.317 e. The van der Waals surface area contributed by atoms with Crippen LogP contribution >= 0.6 is 0 Å². The summed E-state index contributed by atoms with van der Waals surface area (Å²) < 4.78 is 3.76. The molecule has 1 N–H and O–H groups in total. The average molecular weight is 364 g/mol. The van der Waals surface area contributed by atoms with Gasteiger partial charge in [0.1, 0.15) is 0 Å². The highest BCUT2D eigenvalue weighted by Gasteiger charge is 2.43. The lowest BCUT2D eigenvalue weighted by Crippen LogP contribution is -2.40. The van der Waals surface area contributed by atoms with Crippen LogP contribution in [0.4, 0.5) is 4.79 Å². The van der Waals surface area contributed by atoms with E-state index in [0.717, 1.165) is 30.6 Å². The Kier molecular flexibility index (Phi) is 4.66. The largest absolute Gasteiger partial charge is 0.337 e. The second kappa shape index (κ2) is 7.26. The van der Waals surface area contributed by atoms with Gasteiger partial charge >= 0.3 is 6.03 Å². The van der Waals surface area contributed by atoms with Crippen molar-refractivity contribution in [3.05, 3.63) is 66.7 Å². The first-order valence-corrected chi connectivity index (χ1v) is 9.19. The number of carbonyl (C=O) groups excluding carboxylic acids is 1. The molecule has 7 nitrogen and oxygen atoms in total. The second-order valence-electron chi connectivity index (χ2n) is 7.34. The molecule has 0 saturated heterocycles. The minimum absolute atomic E-state index is 0.0436. The predicted molar refractivity (Wildman–Crippen MR) is 102 cm³/mol. The molecule has 2 heterocycles. The van der Waals surface area contributed by atoms with E-state index < -0.39 is 0 Å². The number of urea groups is 1. The minimum atomic E-state index is -0.0436. The van der Waals surface area contributed by atoms with E-state index in [0.29, 0.717) is 13.1 Å². The molecule has 4 rings (SSSR count). The number of rotatable bonds is 7. The molecule has 0 radical (unpaired) electrons. The van der Waals surface area contributed by atoms with E-state index in [1.807, 2.05) is 65.2 Å². The number of benzene rings is 1. The summed E-state index contributed by atoms with van der Waals surface area (Å²) in [6, 6.07) is 11.9. The van der Waals surface area contributed by atoms with Gasteiger partial charge in [-0.1, -0.05) is 12.1 Å². The molecule has 1 saturated carbocycles. The third kappa shape index (κ3) is 4.19. The lowest BCUT2D eigenvalue weighted by atomic mass is 10.1. The molecule has 1 aliphatic rings. The van der Waals surface area contributed by atoms with Crippen LogP contribution in [0.25, 0.3) is 5.69 Å². The molecular formula is C20H24N6O. The van der Waals surface area contributed by atoms with Crippen molar-refractivity contribution in [3.63, 3.8) is 0 Å². The zero-order valence-corrected chi connectivity index (χ0v) is 15.5. The van der Waals surface area contributed by atoms with Crippen LogP contribution in [0.2, 0.25) is 0 Å². The fraction of sp³-hybridized carbons (Fsp3) is 0.350. The normalized spacial score (nSPS) is 14.7. The molecule has 0 aliphatic heterocycles. The summed E-state index contributed by atoms with van der Waals surface area (Å²) in [5.74, 6) is 0. The van der Waals surface area contributed by atoms with E-state index in [-0.39, 0.29) is 11.4 Å². The highest BCUT2D eigenvalue weighted by Crippen LogP contribution is 2.46. The number of nitrogens with one attached hydrogen (secondary N) is 1. The molecule has 1 aromatic carbocycles. The Morgan fingerprint density at radius 1 is 1.15 bits per heavy atom. The van der Waals surface area contributed by atoms with E-state index in [2.05, 4.69) is 15.5 Å². The van der Waals surface area contributed by atoms with Crippen LogP contribution in [0.1, 0.15) is 18.4 Å². The van der Waals surface area contributed by atoms with Crippen molar-refractivity contribution >= 4 is 6.03 Å². The van der Waals surface area contributed by atoms with Crippen molar-refractivity contribution in [2.75, 3.05) is 13.6 Å². The molecule has 2 amide bonds. The Labute approximate surface area is 158 Å². The Bertz CT molecular complexity index is 866. The van der Waals surface area contributed by atoms with Crippen LogP contribution in [0, 0.1) is 5.41 Å². The fourth-order valence-corrected chi connectivity index (χ4v) is 3.22. The minimum Gasteiger partial charge on any atom is -0.337 e. The SMILES string of the molecule is CN(Cc1ccc(-n2cccn2)cc1)C(=O)NCC1(Cn2cccn2)CC1. The molecule has 0 atom stereocenters. The first kappa shape index (κ1) is 17.3. The van der Waals surface area contributed by atoms with Crippen molar-refractivity contribution < 1.29 is 4.79 Å². The van der Waals surface area contributed by atoms with Crippen LogP contribution in [-0.2, 0) is 13.1 Å². The Hall–Kier alpha value is -3.09. The number of aromatic nitrogens is 4. The van der Waals surface area contributed by atoms with Crippen molar-refractivity contribution in [1.29, 1.82) is 0 Å². The van der Waals surface area contributed by atoms with Crippen LogP contribution in [-0.4, -0.2) is 44.1 Å². The highest BCUT2D eigenvalue weighted by molar-refractivity contribution is 5.74. The van der Waals surface area contributed by atoms with Crippen molar-refractivity contribution in [2.45, 2.75) is 25.9 Å². The second-order valence-corrected chi connectivity index (χ2v) is 7.34. The monoisotopic (exact) mass is 364 g/mol. The molecule has 1 aliphatic carbocycles. The molecule has 0 unspecified atom stereocenters. The summed E-state index contributed by atoms with van der Waals surface area (Å²) in [5, 5.41) is 11.6. The molecule has 1 fully saturated rings.